The smallest absolute Gasteiger partial charge is 0.413 e. The summed E-state index contributed by atoms with van der Waals surface area (Å²) in [6.07, 6.45) is 26.0. The molecule has 8 unspecified atom stereocenters. The molecular formula is C44H70N10O3S. The minimum Gasteiger partial charge on any atom is -0.494 e. The summed E-state index contributed by atoms with van der Waals surface area (Å²) in [6, 6.07) is 5.67. The van der Waals surface area contributed by atoms with Crippen LogP contribution in [0.2, 0.25) is 0 Å². The molecule has 9 fully saturated rings. The second-order valence-electron chi connectivity index (χ2n) is 19.2. The Morgan fingerprint density at radius 3 is 1.26 bits per heavy atom. The van der Waals surface area contributed by atoms with Crippen LogP contribution >= 0.6 is 11.3 Å². The molecule has 4 saturated carbocycles. The van der Waals surface area contributed by atoms with Gasteiger partial charge >= 0.3 is 6.09 Å². The molecule has 5 saturated heterocycles. The first-order valence-electron chi connectivity index (χ1n) is 23.5. The topological polar surface area (TPSA) is 157 Å². The molecule has 4 aliphatic carbocycles. The van der Waals surface area contributed by atoms with E-state index in [0.717, 1.165) is 69.7 Å². The first-order chi connectivity index (χ1) is 28.5. The maximum atomic E-state index is 11.1. The van der Waals surface area contributed by atoms with Gasteiger partial charge in [0.2, 0.25) is 0 Å². The number of thiazole rings is 1. The van der Waals surface area contributed by atoms with E-state index in [2.05, 4.69) is 64.5 Å². The Kier molecular flexibility index (Phi) is 12.2. The van der Waals surface area contributed by atoms with Gasteiger partial charge in [0.25, 0.3) is 0 Å². The van der Waals surface area contributed by atoms with Crippen LogP contribution in [0.4, 0.5) is 9.93 Å². The van der Waals surface area contributed by atoms with Crippen LogP contribution in [0.1, 0.15) is 116 Å². The van der Waals surface area contributed by atoms with Gasteiger partial charge < -0.3 is 9.47 Å². The lowest BCUT2D eigenvalue weighted by Crippen LogP contribution is -2.61. The van der Waals surface area contributed by atoms with Crippen molar-refractivity contribution in [2.24, 2.45) is 47.3 Å². The van der Waals surface area contributed by atoms with Gasteiger partial charge in [0.05, 0.1) is 73.3 Å². The summed E-state index contributed by atoms with van der Waals surface area (Å²) in [5, 5.41) is 36.9. The summed E-state index contributed by atoms with van der Waals surface area (Å²) in [5.41, 5.74) is 0.829. The highest BCUT2D eigenvalue weighted by Crippen LogP contribution is 2.45. The fraction of sp³-hybridized carbons (Fsp3) is 0.818. The quantitative estimate of drug-likeness (QED) is 0.181. The third kappa shape index (κ3) is 8.03. The van der Waals surface area contributed by atoms with E-state index in [1.807, 2.05) is 18.2 Å². The zero-order chi connectivity index (χ0) is 39.2. The van der Waals surface area contributed by atoms with Gasteiger partial charge in [-0.1, -0.05) is 69.6 Å². The van der Waals surface area contributed by atoms with E-state index in [1.54, 1.807) is 0 Å². The minimum atomic E-state index is -0.517. The molecule has 1 amide bonds. The summed E-state index contributed by atoms with van der Waals surface area (Å²) in [5.74, 6) is 6.79. The number of aromatic nitrogens is 1. The maximum absolute atomic E-state index is 11.1. The van der Waals surface area contributed by atoms with Crippen LogP contribution < -0.4 is 52.6 Å². The first-order valence-corrected chi connectivity index (χ1v) is 24.3. The second-order valence-corrected chi connectivity index (χ2v) is 20.2. The maximum Gasteiger partial charge on any atom is 0.413 e. The molecule has 14 heteroatoms. The van der Waals surface area contributed by atoms with Crippen molar-refractivity contribution >= 4 is 32.8 Å². The third-order valence-electron chi connectivity index (χ3n) is 16.0. The molecule has 8 atom stereocenters. The van der Waals surface area contributed by atoms with Gasteiger partial charge in [0.15, 0.2) is 5.13 Å². The molecule has 320 valence electrons. The number of methoxy groups -OCH3 is 1. The molecule has 0 radical (unpaired) electrons. The molecule has 1 aromatic carbocycles. The molecule has 11 rings (SSSR count). The third-order valence-corrected chi connectivity index (χ3v) is 17.0. The SMILES string of the molecule is C1CCC2C3NC(NC4NC(NC5NC(NC6NC(N3)C3CCCCC63)C3CCCCC53)C3CCCCC43)C2C1.CCCOc1ccc2nc(NC(=O)OC)sc2c1. The lowest BCUT2D eigenvalue weighted by Gasteiger charge is -2.35. The van der Waals surface area contributed by atoms with Crippen molar-refractivity contribution in [3.05, 3.63) is 18.2 Å². The molecule has 13 nitrogen and oxygen atoms in total. The highest BCUT2D eigenvalue weighted by molar-refractivity contribution is 7.22. The molecule has 0 spiro atoms. The van der Waals surface area contributed by atoms with Crippen LogP contribution in [0, 0.1) is 47.3 Å². The average molecular weight is 819 g/mol. The number of hydrogen-bond donors (Lipinski definition) is 9. The van der Waals surface area contributed by atoms with Crippen molar-refractivity contribution in [3.63, 3.8) is 0 Å². The number of nitrogens with one attached hydrogen (secondary N) is 9. The van der Waals surface area contributed by atoms with Crippen LogP contribution in [-0.4, -0.2) is 74.1 Å². The monoisotopic (exact) mass is 819 g/mol. The van der Waals surface area contributed by atoms with E-state index >= 15 is 0 Å². The Bertz CT molecular complexity index is 1510. The number of anilines is 1. The summed E-state index contributed by atoms with van der Waals surface area (Å²) in [6.45, 7) is 2.75. The molecular weight excluding hydrogens is 749 g/mol. The molecule has 8 bridgehead atoms. The predicted octanol–water partition coefficient (Wildman–Crippen LogP) is 5.87. The van der Waals surface area contributed by atoms with Crippen molar-refractivity contribution in [1.82, 2.24) is 47.5 Å². The number of hydrogen-bond acceptors (Lipinski definition) is 13. The Morgan fingerprint density at radius 2 is 0.948 bits per heavy atom. The van der Waals surface area contributed by atoms with Crippen LogP contribution in [0.25, 0.3) is 10.2 Å². The lowest BCUT2D eigenvalue weighted by atomic mass is 9.76. The van der Waals surface area contributed by atoms with Crippen molar-refractivity contribution in [1.29, 1.82) is 0 Å². The fourth-order valence-electron chi connectivity index (χ4n) is 13.4. The highest BCUT2D eigenvalue weighted by atomic mass is 32.1. The molecule has 58 heavy (non-hydrogen) atoms. The van der Waals surface area contributed by atoms with E-state index in [9.17, 15) is 4.79 Å². The van der Waals surface area contributed by atoms with Crippen LogP contribution in [0.5, 0.6) is 5.75 Å². The first kappa shape index (κ1) is 40.0. The average Bonchev–Trinajstić information content (AvgIpc) is 4.07. The van der Waals surface area contributed by atoms with Crippen molar-refractivity contribution < 1.29 is 14.3 Å². The van der Waals surface area contributed by atoms with Gasteiger partial charge in [-0.2, -0.15) is 0 Å². The number of rotatable bonds is 4. The summed E-state index contributed by atoms with van der Waals surface area (Å²) >= 11 is 1.39. The van der Waals surface area contributed by atoms with Gasteiger partial charge in [-0.05, 0) is 123 Å². The lowest BCUT2D eigenvalue weighted by molar-refractivity contribution is 0.167. The molecule has 5 aliphatic heterocycles. The van der Waals surface area contributed by atoms with Crippen LogP contribution in [-0.2, 0) is 4.74 Å². The number of fused-ring (bicyclic) bond motifs is 21. The predicted molar refractivity (Wildman–Crippen MR) is 229 cm³/mol. The minimum absolute atomic E-state index is 0.420. The zero-order valence-corrected chi connectivity index (χ0v) is 35.6. The van der Waals surface area contributed by atoms with E-state index < -0.39 is 6.09 Å². The molecule has 2 aromatic rings. The van der Waals surface area contributed by atoms with Gasteiger partial charge in [-0.3, -0.25) is 47.9 Å². The Labute approximate surface area is 349 Å². The van der Waals surface area contributed by atoms with Gasteiger partial charge in [0.1, 0.15) is 5.75 Å². The number of amides is 1. The number of ether oxygens (including phenoxy) is 2. The molecule has 6 heterocycles. The number of carbonyl (C=O) groups excluding carboxylic acids is 1. The van der Waals surface area contributed by atoms with E-state index in [0.29, 0.717) is 61.1 Å². The van der Waals surface area contributed by atoms with Crippen molar-refractivity contribution in [2.45, 2.75) is 165 Å². The Hall–Kier alpha value is -2.14. The summed E-state index contributed by atoms with van der Waals surface area (Å²) in [7, 11) is 1.32. The van der Waals surface area contributed by atoms with Crippen molar-refractivity contribution in [2.75, 3.05) is 19.0 Å². The zero-order valence-electron chi connectivity index (χ0n) is 34.8. The molecule has 1 aromatic heterocycles. The van der Waals surface area contributed by atoms with E-state index in [1.165, 1.54) is 121 Å². The second kappa shape index (κ2) is 17.7. The molecule has 9 aliphatic rings. The normalized spacial score (nSPS) is 42.9. The highest BCUT2D eigenvalue weighted by Gasteiger charge is 2.54. The van der Waals surface area contributed by atoms with Crippen molar-refractivity contribution in [3.8, 4) is 5.75 Å². The van der Waals surface area contributed by atoms with Gasteiger partial charge in [0, 0.05) is 0 Å². The van der Waals surface area contributed by atoms with E-state index in [-0.39, 0.29) is 0 Å². The number of nitrogens with zero attached hydrogens (tertiary/aromatic N) is 1. The fourth-order valence-corrected chi connectivity index (χ4v) is 14.3. The van der Waals surface area contributed by atoms with E-state index in [4.69, 9.17) is 4.74 Å². The Morgan fingerprint density at radius 1 is 0.603 bits per heavy atom. The largest absolute Gasteiger partial charge is 0.494 e. The van der Waals surface area contributed by atoms with Crippen LogP contribution in [0.15, 0.2) is 18.2 Å². The summed E-state index contributed by atoms with van der Waals surface area (Å²) < 4.78 is 11.0. The number of benzene rings is 1. The molecule has 9 N–H and O–H groups in total. The summed E-state index contributed by atoms with van der Waals surface area (Å²) in [4.78, 5) is 15.3. The standard InChI is InChI=1S/C32H56N8.C12H14N2O3S/c1-2-10-18-17(9-1)25-33-26(18)38-28-21-13-5-6-14-22(21)30(35-28)40-32-24-16-8-7-15-23(24)31(36-32)39-29-20-12-4-3-11-19(20)27(34-29)37-25;1-3-6-17-8-4-5-9-10(7-8)18-11(13-9)14-12(15)16-2/h17-40H,1-16H2;4-5,7H,3,6H2,1-2H3,(H,13,14,15). The Balaban J connectivity index is 0.000000191. The van der Waals surface area contributed by atoms with Gasteiger partial charge in [-0.15, -0.1) is 0 Å². The van der Waals surface area contributed by atoms with Crippen LogP contribution in [0.3, 0.4) is 0 Å². The van der Waals surface area contributed by atoms with Gasteiger partial charge in [-0.25, -0.2) is 9.78 Å². The number of carbonyl (C=O) groups is 1.